The topological polar surface area (TPSA) is 12.0 Å². The Morgan fingerprint density at radius 2 is 2.40 bits per heavy atom. The third-order valence-corrected chi connectivity index (χ3v) is 4.04. The normalized spacial score (nSPS) is 20.8. The summed E-state index contributed by atoms with van der Waals surface area (Å²) in [6, 6.07) is 5.14. The van der Waals surface area contributed by atoms with Gasteiger partial charge in [-0.15, -0.1) is 0 Å². The van der Waals surface area contributed by atoms with Gasteiger partial charge in [0.25, 0.3) is 0 Å². The van der Waals surface area contributed by atoms with E-state index in [0.29, 0.717) is 11.1 Å². The number of benzene rings is 1. The van der Waals surface area contributed by atoms with E-state index < -0.39 is 0 Å². The molecule has 2 rings (SSSR count). The summed E-state index contributed by atoms with van der Waals surface area (Å²) in [6.45, 7) is 0.727. The maximum Gasteiger partial charge on any atom is 0.124 e. The van der Waals surface area contributed by atoms with Crippen molar-refractivity contribution in [3.8, 4) is 0 Å². The summed E-state index contributed by atoms with van der Waals surface area (Å²) in [4.78, 5) is 0. The van der Waals surface area contributed by atoms with Crippen molar-refractivity contribution in [3.63, 3.8) is 0 Å². The highest BCUT2D eigenvalue weighted by molar-refractivity contribution is 7.99. The van der Waals surface area contributed by atoms with Crippen molar-refractivity contribution in [2.24, 2.45) is 0 Å². The molecule has 1 fully saturated rings. The van der Waals surface area contributed by atoms with Gasteiger partial charge < -0.3 is 5.32 Å². The molecule has 1 atom stereocenters. The van der Waals surface area contributed by atoms with Gasteiger partial charge >= 0.3 is 0 Å². The molecule has 1 aliphatic rings. The second kappa shape index (κ2) is 5.19. The van der Waals surface area contributed by atoms with E-state index in [4.69, 9.17) is 11.6 Å². The van der Waals surface area contributed by atoms with Crippen LogP contribution >= 0.6 is 23.4 Å². The Hall–Kier alpha value is -0.250. The molecule has 0 aromatic heterocycles. The van der Waals surface area contributed by atoms with Gasteiger partial charge in [-0.3, -0.25) is 0 Å². The molecule has 0 bridgehead atoms. The monoisotopic (exact) mass is 245 g/mol. The summed E-state index contributed by atoms with van der Waals surface area (Å²) in [5, 5.41) is 3.94. The summed E-state index contributed by atoms with van der Waals surface area (Å²) in [7, 11) is 0. The molecule has 1 N–H and O–H groups in total. The minimum atomic E-state index is -0.278. The molecule has 1 aromatic rings. The number of rotatable bonds is 3. The number of hydrogen-bond acceptors (Lipinski definition) is 2. The van der Waals surface area contributed by atoms with Crippen LogP contribution in [0.4, 0.5) is 4.39 Å². The van der Waals surface area contributed by atoms with E-state index in [0.717, 1.165) is 12.1 Å². The molecule has 1 unspecified atom stereocenters. The van der Waals surface area contributed by atoms with E-state index in [9.17, 15) is 4.39 Å². The molecule has 1 saturated heterocycles. The average Bonchev–Trinajstić information content (AvgIpc) is 2.69. The van der Waals surface area contributed by atoms with E-state index in [1.807, 2.05) is 11.8 Å². The number of hydrogen-bond donors (Lipinski definition) is 1. The minimum absolute atomic E-state index is 0.278. The van der Waals surface area contributed by atoms with Crippen LogP contribution in [0.5, 0.6) is 0 Å². The standard InChI is InChI=1S/C11H13ClFNS/c12-11-5-9(13)2-1-8(11)6-14-10-3-4-15-7-10/h1-2,5,10,14H,3-4,6-7H2. The van der Waals surface area contributed by atoms with Crippen LogP contribution in [0.1, 0.15) is 12.0 Å². The Kier molecular flexibility index (Phi) is 3.89. The lowest BCUT2D eigenvalue weighted by molar-refractivity contribution is 0.557. The van der Waals surface area contributed by atoms with Crippen molar-refractivity contribution in [2.45, 2.75) is 19.0 Å². The van der Waals surface area contributed by atoms with Crippen molar-refractivity contribution >= 4 is 23.4 Å². The lowest BCUT2D eigenvalue weighted by Crippen LogP contribution is -2.28. The van der Waals surface area contributed by atoms with Gasteiger partial charge in [0.1, 0.15) is 5.82 Å². The summed E-state index contributed by atoms with van der Waals surface area (Å²) in [5.74, 6) is 2.12. The van der Waals surface area contributed by atoms with Crippen LogP contribution in [0.2, 0.25) is 5.02 Å². The molecule has 82 valence electrons. The average molecular weight is 246 g/mol. The lowest BCUT2D eigenvalue weighted by Gasteiger charge is -2.11. The van der Waals surface area contributed by atoms with Gasteiger partial charge in [-0.2, -0.15) is 11.8 Å². The van der Waals surface area contributed by atoms with Crippen molar-refractivity contribution < 1.29 is 4.39 Å². The number of nitrogens with one attached hydrogen (secondary N) is 1. The van der Waals surface area contributed by atoms with Gasteiger partial charge in [-0.05, 0) is 29.9 Å². The molecular formula is C11H13ClFNS. The molecule has 1 aromatic carbocycles. The van der Waals surface area contributed by atoms with Gasteiger partial charge in [-0.1, -0.05) is 17.7 Å². The first-order valence-electron chi connectivity index (χ1n) is 5.01. The predicted molar refractivity (Wildman–Crippen MR) is 64.0 cm³/mol. The fourth-order valence-electron chi connectivity index (χ4n) is 1.61. The quantitative estimate of drug-likeness (QED) is 0.879. The molecule has 1 aliphatic heterocycles. The zero-order valence-electron chi connectivity index (χ0n) is 8.30. The first-order chi connectivity index (χ1) is 7.25. The number of halogens is 2. The first kappa shape index (κ1) is 11.2. The second-order valence-electron chi connectivity index (χ2n) is 3.68. The van der Waals surface area contributed by atoms with Crippen LogP contribution in [0.15, 0.2) is 18.2 Å². The highest BCUT2D eigenvalue weighted by atomic mass is 35.5. The second-order valence-corrected chi connectivity index (χ2v) is 5.23. The Labute approximate surface area is 98.4 Å². The zero-order valence-corrected chi connectivity index (χ0v) is 9.87. The van der Waals surface area contributed by atoms with Crippen LogP contribution in [0.25, 0.3) is 0 Å². The Morgan fingerprint density at radius 1 is 1.53 bits per heavy atom. The maximum atomic E-state index is 12.8. The Balaban J connectivity index is 1.92. The van der Waals surface area contributed by atoms with Crippen molar-refractivity contribution in [2.75, 3.05) is 11.5 Å². The molecule has 4 heteroatoms. The third kappa shape index (κ3) is 3.10. The minimum Gasteiger partial charge on any atom is -0.309 e. The summed E-state index contributed by atoms with van der Waals surface area (Å²) < 4.78 is 12.8. The number of thioether (sulfide) groups is 1. The molecule has 0 saturated carbocycles. The van der Waals surface area contributed by atoms with E-state index in [2.05, 4.69) is 5.32 Å². The van der Waals surface area contributed by atoms with E-state index in [1.165, 1.54) is 30.1 Å². The highest BCUT2D eigenvalue weighted by Gasteiger charge is 2.14. The Bertz CT molecular complexity index is 339. The smallest absolute Gasteiger partial charge is 0.124 e. The van der Waals surface area contributed by atoms with Crippen LogP contribution in [0.3, 0.4) is 0 Å². The van der Waals surface area contributed by atoms with Crippen LogP contribution in [-0.2, 0) is 6.54 Å². The lowest BCUT2D eigenvalue weighted by atomic mass is 10.2. The Morgan fingerprint density at radius 3 is 3.07 bits per heavy atom. The van der Waals surface area contributed by atoms with E-state index in [-0.39, 0.29) is 5.82 Å². The molecule has 0 spiro atoms. The fraction of sp³-hybridized carbons (Fsp3) is 0.455. The largest absolute Gasteiger partial charge is 0.309 e. The van der Waals surface area contributed by atoms with E-state index >= 15 is 0 Å². The van der Waals surface area contributed by atoms with Gasteiger partial charge in [0.15, 0.2) is 0 Å². The van der Waals surface area contributed by atoms with Crippen molar-refractivity contribution in [3.05, 3.63) is 34.6 Å². The first-order valence-corrected chi connectivity index (χ1v) is 6.54. The highest BCUT2D eigenvalue weighted by Crippen LogP contribution is 2.20. The molecule has 0 aliphatic carbocycles. The summed E-state index contributed by atoms with van der Waals surface area (Å²) >= 11 is 7.90. The zero-order chi connectivity index (χ0) is 10.7. The molecular weight excluding hydrogens is 233 g/mol. The fourth-order valence-corrected chi connectivity index (χ4v) is 3.04. The summed E-state index contributed by atoms with van der Waals surface area (Å²) in [5.41, 5.74) is 0.968. The van der Waals surface area contributed by atoms with Gasteiger partial charge in [0.2, 0.25) is 0 Å². The van der Waals surface area contributed by atoms with Crippen LogP contribution in [0, 0.1) is 5.82 Å². The molecule has 0 radical (unpaired) electrons. The SMILES string of the molecule is Fc1ccc(CNC2CCSC2)c(Cl)c1. The van der Waals surface area contributed by atoms with Crippen molar-refractivity contribution in [1.82, 2.24) is 5.32 Å². The maximum absolute atomic E-state index is 12.8. The third-order valence-electron chi connectivity index (χ3n) is 2.53. The predicted octanol–water partition coefficient (Wildman–Crippen LogP) is 3.07. The molecule has 0 amide bonds. The van der Waals surface area contributed by atoms with Gasteiger partial charge in [0, 0.05) is 23.4 Å². The van der Waals surface area contributed by atoms with Crippen LogP contribution in [-0.4, -0.2) is 17.5 Å². The summed E-state index contributed by atoms with van der Waals surface area (Å²) in [6.07, 6.45) is 1.21. The van der Waals surface area contributed by atoms with Gasteiger partial charge in [-0.25, -0.2) is 4.39 Å². The van der Waals surface area contributed by atoms with Crippen molar-refractivity contribution in [1.29, 1.82) is 0 Å². The van der Waals surface area contributed by atoms with E-state index in [1.54, 1.807) is 6.07 Å². The van der Waals surface area contributed by atoms with Crippen LogP contribution < -0.4 is 5.32 Å². The molecule has 1 heterocycles. The molecule has 1 nitrogen and oxygen atoms in total. The van der Waals surface area contributed by atoms with Gasteiger partial charge in [0.05, 0.1) is 0 Å². The molecule has 15 heavy (non-hydrogen) atoms.